The highest BCUT2D eigenvalue weighted by Crippen LogP contribution is 2.50. The van der Waals surface area contributed by atoms with E-state index in [1.54, 1.807) is 0 Å². The highest BCUT2D eigenvalue weighted by atomic mass is 16.5. The Hall–Kier alpha value is -3.39. The van der Waals surface area contributed by atoms with E-state index in [1.807, 2.05) is 49.9 Å². The molecule has 0 bridgehead atoms. The topological polar surface area (TPSA) is 50.7 Å². The first-order chi connectivity index (χ1) is 14.0. The van der Waals surface area contributed by atoms with Gasteiger partial charge in [-0.25, -0.2) is 6.57 Å². The van der Waals surface area contributed by atoms with Gasteiger partial charge < -0.3 is 19.1 Å². The van der Waals surface area contributed by atoms with Crippen LogP contribution in [0.4, 0.5) is 11.4 Å². The first-order valence-corrected chi connectivity index (χ1v) is 9.73. The minimum absolute atomic E-state index is 0.249. The third kappa shape index (κ3) is 3.31. The van der Waals surface area contributed by atoms with E-state index in [2.05, 4.69) is 28.2 Å². The van der Waals surface area contributed by atoms with E-state index in [0.717, 1.165) is 64.2 Å². The summed E-state index contributed by atoms with van der Waals surface area (Å²) in [4.78, 5) is 17.3. The molecule has 0 aliphatic heterocycles. The normalized spacial score (nSPS) is 14.3. The summed E-state index contributed by atoms with van der Waals surface area (Å²) in [6, 6.07) is 14.2. The molecule has 0 radical (unpaired) electrons. The second-order valence-electron chi connectivity index (χ2n) is 7.67. The number of aromatic nitrogens is 1. The van der Waals surface area contributed by atoms with Crippen molar-refractivity contribution in [2.24, 2.45) is 0 Å². The number of aryl methyl sites for hydroxylation is 3. The second-order valence-corrected chi connectivity index (χ2v) is 7.67. The van der Waals surface area contributed by atoms with E-state index < -0.39 is 0 Å². The largest absolute Gasteiger partial charge is 0.361 e. The molecule has 3 aromatic rings. The van der Waals surface area contributed by atoms with Gasteiger partial charge in [-0.2, -0.15) is 0 Å². The molecule has 0 saturated heterocycles. The molecule has 1 aliphatic rings. The summed E-state index contributed by atoms with van der Waals surface area (Å²) in [6.45, 7) is 13.6. The van der Waals surface area contributed by atoms with Crippen molar-refractivity contribution in [1.82, 2.24) is 5.16 Å². The van der Waals surface area contributed by atoms with Crippen LogP contribution in [0.25, 0.3) is 16.0 Å². The first-order valence-electron chi connectivity index (χ1n) is 9.73. The van der Waals surface area contributed by atoms with Crippen LogP contribution in [-0.2, 0) is 10.3 Å². The Morgan fingerprint density at radius 2 is 1.90 bits per heavy atom. The molecule has 5 nitrogen and oxygen atoms in total. The maximum absolute atomic E-state index is 11.5. The van der Waals surface area contributed by atoms with Crippen LogP contribution in [0, 0.1) is 27.3 Å². The zero-order valence-electron chi connectivity index (χ0n) is 16.9. The minimum Gasteiger partial charge on any atom is -0.361 e. The molecule has 0 spiro atoms. The predicted octanol–water partition coefficient (Wildman–Crippen LogP) is 5.51. The monoisotopic (exact) mass is 385 g/mol. The number of nitrogens with zero attached hydrogens (tertiary/aromatic N) is 3. The van der Waals surface area contributed by atoms with E-state index in [0.29, 0.717) is 0 Å². The zero-order chi connectivity index (χ0) is 20.6. The summed E-state index contributed by atoms with van der Waals surface area (Å²) < 4.78 is 5.33. The van der Waals surface area contributed by atoms with Crippen molar-refractivity contribution in [3.63, 3.8) is 0 Å². The second kappa shape index (κ2) is 7.21. The molecule has 2 aromatic carbocycles. The quantitative estimate of drug-likeness (QED) is 0.414. The number of hydrogen-bond donors (Lipinski definition) is 0. The molecule has 0 unspecified atom stereocenters. The third-order valence-electron chi connectivity index (χ3n) is 5.73. The Morgan fingerprint density at radius 3 is 2.45 bits per heavy atom. The number of aldehydes is 1. The SMILES string of the molecule is [C-]#[N+]C1(c2ccc(N(CC=O)c3cc(-c4c(C)noc4C)ccc3C)cc2)CC1. The van der Waals surface area contributed by atoms with Crippen LogP contribution in [0.1, 0.15) is 35.4 Å². The average molecular weight is 385 g/mol. The number of rotatable bonds is 6. The zero-order valence-corrected chi connectivity index (χ0v) is 16.9. The number of anilines is 2. The summed E-state index contributed by atoms with van der Waals surface area (Å²) in [6.07, 6.45) is 2.76. The average Bonchev–Trinajstić information content (AvgIpc) is 3.47. The lowest BCUT2D eigenvalue weighted by Crippen LogP contribution is -2.20. The highest BCUT2D eigenvalue weighted by molar-refractivity contribution is 5.79. The van der Waals surface area contributed by atoms with Crippen molar-refractivity contribution in [3.05, 3.63) is 76.5 Å². The van der Waals surface area contributed by atoms with Gasteiger partial charge in [-0.1, -0.05) is 17.3 Å². The van der Waals surface area contributed by atoms with Gasteiger partial charge in [0.1, 0.15) is 12.0 Å². The molecular formula is C24H23N3O2. The van der Waals surface area contributed by atoms with Gasteiger partial charge in [-0.3, -0.25) is 0 Å². The van der Waals surface area contributed by atoms with Crippen LogP contribution in [-0.4, -0.2) is 18.0 Å². The summed E-state index contributed by atoms with van der Waals surface area (Å²) >= 11 is 0. The molecule has 1 aliphatic carbocycles. The van der Waals surface area contributed by atoms with E-state index in [4.69, 9.17) is 11.1 Å². The molecule has 0 amide bonds. The maximum atomic E-state index is 11.5. The van der Waals surface area contributed by atoms with Crippen LogP contribution >= 0.6 is 0 Å². The van der Waals surface area contributed by atoms with Gasteiger partial charge in [0.15, 0.2) is 0 Å². The van der Waals surface area contributed by atoms with Gasteiger partial charge in [0, 0.05) is 35.3 Å². The molecule has 4 rings (SSSR count). The molecule has 1 heterocycles. The smallest absolute Gasteiger partial charge is 0.258 e. The molecular weight excluding hydrogens is 362 g/mol. The van der Waals surface area contributed by atoms with Crippen molar-refractivity contribution < 1.29 is 9.32 Å². The lowest BCUT2D eigenvalue weighted by molar-refractivity contribution is -0.106. The molecule has 5 heteroatoms. The van der Waals surface area contributed by atoms with Crippen LogP contribution in [0.5, 0.6) is 0 Å². The summed E-state index contributed by atoms with van der Waals surface area (Å²) in [7, 11) is 0. The third-order valence-corrected chi connectivity index (χ3v) is 5.73. The Morgan fingerprint density at radius 1 is 1.17 bits per heavy atom. The van der Waals surface area contributed by atoms with Crippen LogP contribution < -0.4 is 4.90 Å². The number of benzene rings is 2. The molecule has 0 N–H and O–H groups in total. The first kappa shape index (κ1) is 18.9. The molecule has 29 heavy (non-hydrogen) atoms. The molecule has 1 aromatic heterocycles. The van der Waals surface area contributed by atoms with Gasteiger partial charge in [0.25, 0.3) is 5.54 Å². The number of carbonyl (C=O) groups excluding carboxylic acids is 1. The van der Waals surface area contributed by atoms with Gasteiger partial charge in [0.2, 0.25) is 0 Å². The van der Waals surface area contributed by atoms with Crippen molar-refractivity contribution in [2.45, 2.75) is 39.2 Å². The predicted molar refractivity (Wildman–Crippen MR) is 113 cm³/mol. The van der Waals surface area contributed by atoms with Crippen LogP contribution in [0.2, 0.25) is 0 Å². The van der Waals surface area contributed by atoms with E-state index in [1.165, 1.54) is 0 Å². The summed E-state index contributed by atoms with van der Waals surface area (Å²) in [5, 5.41) is 4.06. The van der Waals surface area contributed by atoms with Gasteiger partial charge in [0.05, 0.1) is 12.2 Å². The highest BCUT2D eigenvalue weighted by Gasteiger charge is 2.52. The van der Waals surface area contributed by atoms with Crippen LogP contribution in [0.3, 0.4) is 0 Å². The minimum atomic E-state index is -0.326. The summed E-state index contributed by atoms with van der Waals surface area (Å²) in [5.41, 5.74) is 6.55. The van der Waals surface area contributed by atoms with Crippen molar-refractivity contribution in [2.75, 3.05) is 11.4 Å². The number of hydrogen-bond acceptors (Lipinski definition) is 4. The van der Waals surface area contributed by atoms with E-state index >= 15 is 0 Å². The van der Waals surface area contributed by atoms with Crippen molar-refractivity contribution in [3.8, 4) is 11.1 Å². The lowest BCUT2D eigenvalue weighted by atomic mass is 10.00. The fourth-order valence-corrected chi connectivity index (χ4v) is 3.90. The molecule has 1 fully saturated rings. The van der Waals surface area contributed by atoms with Gasteiger partial charge >= 0.3 is 0 Å². The lowest BCUT2D eigenvalue weighted by Gasteiger charge is -2.25. The number of carbonyl (C=O) groups is 1. The Bertz CT molecular complexity index is 1080. The standard InChI is InChI=1S/C24H23N3O2/c1-16-5-6-19(23-17(2)26-29-18(23)3)15-22(16)27(13-14-28)21-9-7-20(8-10-21)24(25-4)11-12-24/h5-10,14-15H,11-13H2,1-3H3. The van der Waals surface area contributed by atoms with Crippen LogP contribution in [0.15, 0.2) is 47.0 Å². The van der Waals surface area contributed by atoms with E-state index in [9.17, 15) is 4.79 Å². The van der Waals surface area contributed by atoms with E-state index in [-0.39, 0.29) is 12.1 Å². The molecule has 146 valence electrons. The van der Waals surface area contributed by atoms with Gasteiger partial charge in [-0.05, 0) is 62.2 Å². The Balaban J connectivity index is 1.75. The van der Waals surface area contributed by atoms with Gasteiger partial charge in [-0.15, -0.1) is 0 Å². The Labute approximate surface area is 170 Å². The summed E-state index contributed by atoms with van der Waals surface area (Å²) in [5.74, 6) is 0.775. The fourth-order valence-electron chi connectivity index (χ4n) is 3.90. The Kier molecular flexibility index (Phi) is 4.71. The van der Waals surface area contributed by atoms with Crippen molar-refractivity contribution in [1.29, 1.82) is 0 Å². The molecule has 0 atom stereocenters. The molecule has 1 saturated carbocycles. The fraction of sp³-hybridized carbons (Fsp3) is 0.292. The van der Waals surface area contributed by atoms with Crippen molar-refractivity contribution >= 4 is 17.7 Å². The maximum Gasteiger partial charge on any atom is 0.258 e.